The highest BCUT2D eigenvalue weighted by molar-refractivity contribution is 7.47. The van der Waals surface area contributed by atoms with Gasteiger partial charge in [-0.05, 0) is 12.8 Å². The van der Waals surface area contributed by atoms with E-state index in [4.69, 9.17) is 24.8 Å². The molecule has 4 N–H and O–H groups in total. The zero-order chi connectivity index (χ0) is 29.9. The van der Waals surface area contributed by atoms with E-state index in [2.05, 4.69) is 18.4 Å². The number of nitrogens with two attached hydrogens (primary N) is 1. The maximum atomic E-state index is 12.4. The number of carboxylic acids is 1. The molecule has 0 amide bonds. The fraction of sp³-hybridized carbons (Fsp3) is 0.931. The Morgan fingerprint density at radius 3 is 1.65 bits per heavy atom. The summed E-state index contributed by atoms with van der Waals surface area (Å²) < 4.78 is 32.9. The van der Waals surface area contributed by atoms with Gasteiger partial charge in [-0.2, -0.15) is 0 Å². The van der Waals surface area contributed by atoms with Crippen molar-refractivity contribution in [2.24, 2.45) is 5.73 Å². The molecule has 238 valence electrons. The van der Waals surface area contributed by atoms with Gasteiger partial charge in [-0.15, -0.1) is 0 Å². The molecular formula is C29H58NO9P. The number of esters is 1. The highest BCUT2D eigenvalue weighted by Crippen LogP contribution is 2.43. The zero-order valence-corrected chi connectivity index (χ0v) is 26.1. The van der Waals surface area contributed by atoms with Crippen LogP contribution in [-0.4, -0.2) is 60.5 Å². The second-order valence-corrected chi connectivity index (χ2v) is 12.1. The van der Waals surface area contributed by atoms with Crippen molar-refractivity contribution >= 4 is 19.8 Å². The normalized spacial score (nSPS) is 14.5. The van der Waals surface area contributed by atoms with Gasteiger partial charge < -0.3 is 25.2 Å². The van der Waals surface area contributed by atoms with Gasteiger partial charge in [0, 0.05) is 13.0 Å². The molecule has 0 bridgehead atoms. The first-order valence-corrected chi connectivity index (χ1v) is 17.1. The number of unbranched alkanes of at least 4 members (excludes halogenated alkanes) is 16. The zero-order valence-electron chi connectivity index (χ0n) is 25.2. The molecular weight excluding hydrogens is 537 g/mol. The Kier molecular flexibility index (Phi) is 26.2. The van der Waals surface area contributed by atoms with Crippen molar-refractivity contribution in [2.75, 3.05) is 26.4 Å². The Morgan fingerprint density at radius 2 is 1.15 bits per heavy atom. The van der Waals surface area contributed by atoms with Crippen LogP contribution in [0.3, 0.4) is 0 Å². The van der Waals surface area contributed by atoms with E-state index in [0.29, 0.717) is 6.61 Å². The summed E-state index contributed by atoms with van der Waals surface area (Å²) >= 11 is 0. The Balaban J connectivity index is 4.39. The molecule has 0 heterocycles. The minimum Gasteiger partial charge on any atom is -0.480 e. The maximum Gasteiger partial charge on any atom is 0.472 e. The second kappa shape index (κ2) is 26.8. The number of aliphatic carboxylic acids is 1. The van der Waals surface area contributed by atoms with Gasteiger partial charge in [-0.1, -0.05) is 117 Å². The molecule has 10 nitrogen and oxygen atoms in total. The SMILES string of the molecule is CCCCCCCCCCCOCC(COP(=O)(O)OCC(N)C(=O)O)OC(=O)CCCCCCCCCCC. The lowest BCUT2D eigenvalue weighted by Gasteiger charge is -2.20. The minimum atomic E-state index is -4.59. The molecule has 3 atom stereocenters. The average molecular weight is 596 g/mol. The molecule has 0 fully saturated rings. The lowest BCUT2D eigenvalue weighted by Crippen LogP contribution is -2.34. The standard InChI is InChI=1S/C29H58NO9P/c1-3-5-7-9-11-13-15-17-19-21-28(31)39-26(24-37-40(34,35)38-25-27(30)29(32)33)23-36-22-20-18-16-14-12-10-8-6-4-2/h26-27H,3-25,30H2,1-2H3,(H,32,33)(H,34,35). The van der Waals surface area contributed by atoms with E-state index in [-0.39, 0.29) is 13.0 Å². The molecule has 0 spiro atoms. The number of ether oxygens (including phenoxy) is 2. The molecule has 0 aliphatic heterocycles. The second-order valence-electron chi connectivity index (χ2n) is 10.6. The maximum absolute atomic E-state index is 12.4. The summed E-state index contributed by atoms with van der Waals surface area (Å²) in [4.78, 5) is 33.1. The minimum absolute atomic E-state index is 0.0230. The third-order valence-corrected chi connectivity index (χ3v) is 7.59. The fourth-order valence-corrected chi connectivity index (χ4v) is 4.91. The van der Waals surface area contributed by atoms with Crippen molar-refractivity contribution < 1.29 is 42.7 Å². The number of phosphoric acid groups is 1. The van der Waals surface area contributed by atoms with Crippen LogP contribution >= 0.6 is 7.82 Å². The van der Waals surface area contributed by atoms with E-state index in [9.17, 15) is 19.0 Å². The van der Waals surface area contributed by atoms with Crippen molar-refractivity contribution in [1.82, 2.24) is 0 Å². The van der Waals surface area contributed by atoms with Crippen molar-refractivity contribution in [3.05, 3.63) is 0 Å². The van der Waals surface area contributed by atoms with E-state index in [1.54, 1.807) is 0 Å². The Hall–Kier alpha value is -1.03. The average Bonchev–Trinajstić information content (AvgIpc) is 2.92. The molecule has 0 saturated heterocycles. The van der Waals surface area contributed by atoms with E-state index in [1.807, 2.05) is 0 Å². The van der Waals surface area contributed by atoms with Crippen molar-refractivity contribution in [2.45, 2.75) is 148 Å². The highest BCUT2D eigenvalue weighted by atomic mass is 31.2. The van der Waals surface area contributed by atoms with Crippen molar-refractivity contribution in [3.63, 3.8) is 0 Å². The molecule has 0 aliphatic carbocycles. The quantitative estimate of drug-likeness (QED) is 0.0453. The van der Waals surface area contributed by atoms with Crippen LogP contribution in [-0.2, 0) is 32.7 Å². The van der Waals surface area contributed by atoms with Crippen LogP contribution < -0.4 is 5.73 Å². The lowest BCUT2D eigenvalue weighted by molar-refractivity contribution is -0.154. The van der Waals surface area contributed by atoms with Crippen LogP contribution in [0.2, 0.25) is 0 Å². The van der Waals surface area contributed by atoms with Crippen LogP contribution in [0.25, 0.3) is 0 Å². The first kappa shape index (κ1) is 39.0. The van der Waals surface area contributed by atoms with Crippen LogP contribution in [0, 0.1) is 0 Å². The molecule has 0 aromatic heterocycles. The number of carbonyl (C=O) groups is 2. The largest absolute Gasteiger partial charge is 0.480 e. The number of carbonyl (C=O) groups excluding carboxylic acids is 1. The topological polar surface area (TPSA) is 155 Å². The van der Waals surface area contributed by atoms with E-state index in [0.717, 1.165) is 38.5 Å². The first-order chi connectivity index (χ1) is 19.2. The summed E-state index contributed by atoms with van der Waals surface area (Å²) in [5.74, 6) is -1.78. The molecule has 0 aliphatic rings. The summed E-state index contributed by atoms with van der Waals surface area (Å²) in [5, 5.41) is 8.80. The predicted molar refractivity (Wildman–Crippen MR) is 157 cm³/mol. The summed E-state index contributed by atoms with van der Waals surface area (Å²) in [7, 11) is -4.59. The molecule has 0 aromatic rings. The smallest absolute Gasteiger partial charge is 0.472 e. The lowest BCUT2D eigenvalue weighted by atomic mass is 10.1. The van der Waals surface area contributed by atoms with Gasteiger partial charge in [0.1, 0.15) is 12.1 Å². The van der Waals surface area contributed by atoms with Crippen LogP contribution in [0.5, 0.6) is 0 Å². The monoisotopic (exact) mass is 595 g/mol. The van der Waals surface area contributed by atoms with Crippen molar-refractivity contribution in [3.8, 4) is 0 Å². The van der Waals surface area contributed by atoms with Gasteiger partial charge in [-0.3, -0.25) is 18.6 Å². The van der Waals surface area contributed by atoms with Crippen LogP contribution in [0.1, 0.15) is 136 Å². The number of hydrogen-bond acceptors (Lipinski definition) is 8. The summed E-state index contributed by atoms with van der Waals surface area (Å²) in [5.41, 5.74) is 5.30. The highest BCUT2D eigenvalue weighted by Gasteiger charge is 2.27. The molecule has 40 heavy (non-hydrogen) atoms. The molecule has 0 rings (SSSR count). The number of rotatable bonds is 30. The van der Waals surface area contributed by atoms with E-state index < -0.39 is 45.1 Å². The van der Waals surface area contributed by atoms with Crippen LogP contribution in [0.4, 0.5) is 0 Å². The van der Waals surface area contributed by atoms with Gasteiger partial charge in [0.2, 0.25) is 0 Å². The third-order valence-electron chi connectivity index (χ3n) is 6.64. The van der Waals surface area contributed by atoms with Gasteiger partial charge in [0.25, 0.3) is 0 Å². The number of carboxylic acid groups (broad SMARTS) is 1. The Bertz CT molecular complexity index is 665. The summed E-state index contributed by atoms with van der Waals surface area (Å²) in [6, 6.07) is -1.46. The first-order valence-electron chi connectivity index (χ1n) is 15.6. The van der Waals surface area contributed by atoms with Gasteiger partial charge in [0.05, 0.1) is 19.8 Å². The predicted octanol–water partition coefficient (Wildman–Crippen LogP) is 6.91. The van der Waals surface area contributed by atoms with Gasteiger partial charge in [0.15, 0.2) is 0 Å². The van der Waals surface area contributed by atoms with Gasteiger partial charge >= 0.3 is 19.8 Å². The van der Waals surface area contributed by atoms with E-state index >= 15 is 0 Å². The number of phosphoric ester groups is 1. The van der Waals surface area contributed by atoms with Gasteiger partial charge in [-0.25, -0.2) is 4.57 Å². The molecule has 0 radical (unpaired) electrons. The Morgan fingerprint density at radius 1 is 0.700 bits per heavy atom. The summed E-state index contributed by atoms with van der Waals surface area (Å²) in [6.45, 7) is 3.81. The Labute approximate surface area is 242 Å². The molecule has 11 heteroatoms. The van der Waals surface area contributed by atoms with Crippen molar-refractivity contribution in [1.29, 1.82) is 0 Å². The summed E-state index contributed by atoms with van der Waals surface area (Å²) in [6.07, 6.45) is 20.3. The molecule has 0 aromatic carbocycles. The van der Waals surface area contributed by atoms with Crippen LogP contribution in [0.15, 0.2) is 0 Å². The fourth-order valence-electron chi connectivity index (χ4n) is 4.13. The number of hydrogen-bond donors (Lipinski definition) is 3. The molecule has 3 unspecified atom stereocenters. The van der Waals surface area contributed by atoms with E-state index in [1.165, 1.54) is 77.0 Å². The third kappa shape index (κ3) is 25.9. The molecule has 0 saturated carbocycles.